The molecule has 2 aliphatic carbocycles. The van der Waals surface area contributed by atoms with E-state index >= 15 is 0 Å². The van der Waals surface area contributed by atoms with Crippen molar-refractivity contribution in [2.75, 3.05) is 0 Å². The molecular weight excluding hydrogens is 926 g/mol. The molecule has 2 aliphatic rings. The standard InChI is InChI=1S/C23H35F3O5SSi2.C20H28O2.C4H9.BrH.Mg/c1-15(2)18-11-10-16(3)12-19(18)22-20(30-33(4,5)6)13-17(14-21(22)31-34(7,8)9)29-32(27,28)23(24,25)26;1-5-6-7-15-11-18(21)20(19(22)12-15)17-10-14(4)8-9-16(17)13(2)3;1-3-4-2;;/h12-14,18-19H,1,10-11H2,2-9H3;10-12,16-17,21-22H,2,5-9H2,1,3-4H3;1,3-4H2,2H3;1H;/q;;-1;;+2/p-1/t18-,19+;16-,17+;;;/m11.../s1. The molecule has 2 N–H and O–H groups in total. The molecule has 4 rings (SSSR count). The van der Waals surface area contributed by atoms with E-state index in [0.717, 1.165) is 68.1 Å². The van der Waals surface area contributed by atoms with E-state index in [-0.39, 0.29) is 86.7 Å². The first kappa shape index (κ1) is 59.8. The zero-order valence-corrected chi connectivity index (χ0v) is 45.1. The summed E-state index contributed by atoms with van der Waals surface area (Å²) in [4.78, 5) is 0. The van der Waals surface area contributed by atoms with Gasteiger partial charge in [-0.15, -0.1) is 0 Å². The minimum atomic E-state index is -5.86. The number of halogens is 4. The van der Waals surface area contributed by atoms with Gasteiger partial charge in [0.15, 0.2) is 0 Å². The Labute approximate surface area is 401 Å². The van der Waals surface area contributed by atoms with Crippen molar-refractivity contribution in [2.45, 2.75) is 156 Å². The molecule has 0 aliphatic heterocycles. The molecule has 0 heterocycles. The molecule has 2 aromatic carbocycles. The number of benzene rings is 2. The van der Waals surface area contributed by atoms with Crippen molar-refractivity contribution in [1.82, 2.24) is 0 Å². The van der Waals surface area contributed by atoms with Gasteiger partial charge in [-0.3, -0.25) is 0 Å². The Hall–Kier alpha value is -2.18. The fourth-order valence-corrected chi connectivity index (χ4v) is 9.42. The van der Waals surface area contributed by atoms with Crippen LogP contribution < -0.4 is 30.0 Å². The topological polar surface area (TPSA) is 102 Å². The van der Waals surface area contributed by atoms with Gasteiger partial charge in [0.25, 0.3) is 0 Å². The van der Waals surface area contributed by atoms with Gasteiger partial charge in [0, 0.05) is 35.1 Å². The molecule has 0 spiro atoms. The number of phenolic OH excluding ortho intramolecular Hbond substituents is 2. The van der Waals surface area contributed by atoms with Crippen LogP contribution in [0.2, 0.25) is 39.3 Å². The molecule has 0 bridgehead atoms. The van der Waals surface area contributed by atoms with Crippen LogP contribution in [0.5, 0.6) is 28.7 Å². The Balaban J connectivity index is 0.00000114. The third kappa shape index (κ3) is 18.4. The maximum Gasteiger partial charge on any atom is 2.00 e. The number of aromatic hydroxyl groups is 2. The van der Waals surface area contributed by atoms with Gasteiger partial charge in [-0.1, -0.05) is 74.3 Å². The van der Waals surface area contributed by atoms with E-state index in [4.69, 9.17) is 8.85 Å². The van der Waals surface area contributed by atoms with Gasteiger partial charge in [0.2, 0.25) is 16.6 Å². The molecule has 4 atom stereocenters. The van der Waals surface area contributed by atoms with Crippen molar-refractivity contribution in [2.24, 2.45) is 11.8 Å². The summed E-state index contributed by atoms with van der Waals surface area (Å²) in [6.07, 6.45) is 13.5. The molecule has 7 nitrogen and oxygen atoms in total. The molecule has 346 valence electrons. The summed E-state index contributed by atoms with van der Waals surface area (Å²) >= 11 is 0. The Kier molecular flexibility index (Phi) is 24.6. The van der Waals surface area contributed by atoms with Crippen LogP contribution in [-0.4, -0.2) is 63.8 Å². The smallest absolute Gasteiger partial charge is 1.00 e. The van der Waals surface area contributed by atoms with Crippen LogP contribution in [0.25, 0.3) is 0 Å². The zero-order valence-electron chi connectivity index (χ0n) is 39.3. The molecule has 0 radical (unpaired) electrons. The summed E-state index contributed by atoms with van der Waals surface area (Å²) < 4.78 is 79.7. The van der Waals surface area contributed by atoms with Gasteiger partial charge in [-0.25, -0.2) is 0 Å². The first-order valence-electron chi connectivity index (χ1n) is 21.1. The van der Waals surface area contributed by atoms with Crippen LogP contribution >= 0.6 is 0 Å². The number of allylic oxidation sites excluding steroid dienone is 6. The number of unbranched alkanes of at least 4 members (excludes halogenated alkanes) is 2. The first-order chi connectivity index (χ1) is 27.5. The van der Waals surface area contributed by atoms with E-state index < -0.39 is 38.0 Å². The quantitative estimate of drug-likeness (QED) is 0.0639. The molecule has 0 amide bonds. The maximum absolute atomic E-state index is 13.0. The van der Waals surface area contributed by atoms with Crippen LogP contribution in [0.1, 0.15) is 121 Å². The fourth-order valence-electron chi connectivity index (χ4n) is 7.31. The van der Waals surface area contributed by atoms with Gasteiger partial charge >= 0.3 is 38.7 Å². The van der Waals surface area contributed by atoms with E-state index in [1.807, 2.05) is 72.2 Å². The Morgan fingerprint density at radius 3 is 1.50 bits per heavy atom. The van der Waals surface area contributed by atoms with Crippen LogP contribution in [0.4, 0.5) is 13.2 Å². The molecule has 2 aromatic rings. The number of rotatable bonds is 14. The third-order valence-corrected chi connectivity index (χ3v) is 12.8. The summed E-state index contributed by atoms with van der Waals surface area (Å²) in [6.45, 7) is 35.9. The minimum absolute atomic E-state index is 0. The van der Waals surface area contributed by atoms with Crippen molar-refractivity contribution in [3.63, 3.8) is 0 Å². The number of hydrogen-bond acceptors (Lipinski definition) is 7. The molecule has 0 saturated carbocycles. The van der Waals surface area contributed by atoms with Gasteiger partial charge in [0.1, 0.15) is 28.7 Å². The third-order valence-electron chi connectivity index (χ3n) is 10.2. The predicted molar refractivity (Wildman–Crippen MR) is 252 cm³/mol. The van der Waals surface area contributed by atoms with E-state index in [2.05, 4.69) is 57.2 Å². The molecule has 0 fully saturated rings. The van der Waals surface area contributed by atoms with Gasteiger partial charge < -0.3 is 47.2 Å². The summed E-state index contributed by atoms with van der Waals surface area (Å²) in [5.74, 6) is 0.689. The summed E-state index contributed by atoms with van der Waals surface area (Å²) in [5.41, 5.74) is 1.38. The number of alkyl halides is 3. The van der Waals surface area contributed by atoms with E-state index in [0.29, 0.717) is 11.1 Å². The number of aryl methyl sites for hydroxylation is 1. The van der Waals surface area contributed by atoms with E-state index in [1.54, 1.807) is 0 Å². The summed E-state index contributed by atoms with van der Waals surface area (Å²) in [5, 5.41) is 21.0. The van der Waals surface area contributed by atoms with Gasteiger partial charge in [-0.2, -0.15) is 28.0 Å². The van der Waals surface area contributed by atoms with Crippen molar-refractivity contribution in [3.05, 3.63) is 95.5 Å². The Morgan fingerprint density at radius 1 is 0.790 bits per heavy atom. The molecule has 0 unspecified atom stereocenters. The monoisotopic (exact) mass is 996 g/mol. The Bertz CT molecular complexity index is 1910. The maximum atomic E-state index is 13.0. The van der Waals surface area contributed by atoms with Gasteiger partial charge in [-0.05, 0) is 135 Å². The fraction of sp³-hybridized carbons (Fsp3) is 0.553. The molecule has 62 heavy (non-hydrogen) atoms. The second kappa shape index (κ2) is 25.5. The normalized spacial score (nSPS) is 19.0. The number of hydrogen-bond donors (Lipinski definition) is 2. The van der Waals surface area contributed by atoms with Gasteiger partial charge in [0.05, 0.1) is 0 Å². The van der Waals surface area contributed by atoms with Crippen molar-refractivity contribution in [1.29, 1.82) is 0 Å². The zero-order chi connectivity index (χ0) is 46.0. The second-order valence-electron chi connectivity index (χ2n) is 18.3. The van der Waals surface area contributed by atoms with Crippen LogP contribution in [0, 0.1) is 18.8 Å². The SMILES string of the molecule is C=C(C)[C@H]1CCC(C)=C[C@@H]1c1c(O)cc(CCCC)cc1O.C=C(C)[C@H]1CCC(C)=C[C@@H]1c1c(O[Si](C)(C)C)cc(OS(=O)(=O)C(F)(F)F)cc1O[Si](C)(C)C.[Br-].[CH2-]CCC.[Mg+2]. The first-order valence-corrected chi connectivity index (χ1v) is 29.3. The largest absolute Gasteiger partial charge is 2.00 e. The number of phenols is 2. The summed E-state index contributed by atoms with van der Waals surface area (Å²) in [6, 6.07) is 6.11. The van der Waals surface area contributed by atoms with Crippen molar-refractivity contribution in [3.8, 4) is 28.7 Å². The van der Waals surface area contributed by atoms with E-state index in [1.165, 1.54) is 29.7 Å². The molecule has 0 saturated heterocycles. The van der Waals surface area contributed by atoms with Crippen LogP contribution in [0.3, 0.4) is 0 Å². The van der Waals surface area contributed by atoms with Crippen molar-refractivity contribution < 1.29 is 61.8 Å². The van der Waals surface area contributed by atoms with Crippen LogP contribution in [0.15, 0.2) is 71.9 Å². The van der Waals surface area contributed by atoms with Crippen molar-refractivity contribution >= 4 is 49.8 Å². The molecule has 15 heteroatoms. The average Bonchev–Trinajstić information content (AvgIpc) is 3.08. The van der Waals surface area contributed by atoms with E-state index in [9.17, 15) is 31.8 Å². The molecular formula is C47H72BrF3MgO7SSi2. The molecule has 0 aromatic heterocycles. The predicted octanol–water partition coefficient (Wildman–Crippen LogP) is 11.1. The average molecular weight is 999 g/mol. The Morgan fingerprint density at radius 2 is 1.18 bits per heavy atom. The minimum Gasteiger partial charge on any atom is -1.00 e. The second-order valence-corrected chi connectivity index (χ2v) is 28.7. The van der Waals surface area contributed by atoms with Crippen LogP contribution in [-0.2, 0) is 16.5 Å². The summed E-state index contributed by atoms with van der Waals surface area (Å²) in [7, 11) is -10.4.